The average Bonchev–Trinajstić information content (AvgIpc) is 3.05. The number of nitrogens with zero attached hydrogens (tertiary/aromatic N) is 4. The SMILES string of the molecule is CCNC(=NCc1ccccc1-n1nc(C)cc1C)NCCN1CCOCC1.I. The molecule has 0 unspecified atom stereocenters. The molecule has 0 spiro atoms. The standard InChI is InChI=1S/C21H32N6O.HI/c1-4-22-21(23-9-10-26-11-13-28-14-12-26)24-16-19-7-5-6-8-20(19)27-18(3)15-17(2)25-27;/h5-8,15H,4,9-14,16H2,1-3H3,(H2,22,23,24);1H. The molecule has 1 aromatic carbocycles. The molecule has 1 saturated heterocycles. The maximum absolute atomic E-state index is 5.41. The maximum Gasteiger partial charge on any atom is 0.191 e. The molecule has 0 atom stereocenters. The lowest BCUT2D eigenvalue weighted by Gasteiger charge is -2.26. The van der Waals surface area contributed by atoms with Gasteiger partial charge in [-0.15, -0.1) is 24.0 Å². The largest absolute Gasteiger partial charge is 0.379 e. The van der Waals surface area contributed by atoms with Crippen LogP contribution in [-0.4, -0.2) is 66.6 Å². The fourth-order valence-corrected chi connectivity index (χ4v) is 3.39. The summed E-state index contributed by atoms with van der Waals surface area (Å²) < 4.78 is 7.40. The Balaban J connectivity index is 0.00000300. The van der Waals surface area contributed by atoms with Gasteiger partial charge in [0, 0.05) is 38.4 Å². The van der Waals surface area contributed by atoms with Crippen LogP contribution in [0.1, 0.15) is 23.9 Å². The van der Waals surface area contributed by atoms with Crippen molar-refractivity contribution in [1.82, 2.24) is 25.3 Å². The zero-order valence-electron chi connectivity index (χ0n) is 17.6. The van der Waals surface area contributed by atoms with Gasteiger partial charge in [-0.05, 0) is 38.5 Å². The third-order valence-corrected chi connectivity index (χ3v) is 4.81. The van der Waals surface area contributed by atoms with Gasteiger partial charge in [0.05, 0.1) is 31.1 Å². The van der Waals surface area contributed by atoms with Gasteiger partial charge in [-0.3, -0.25) is 4.90 Å². The molecule has 0 saturated carbocycles. The number of para-hydroxylation sites is 1. The smallest absolute Gasteiger partial charge is 0.191 e. The summed E-state index contributed by atoms with van der Waals surface area (Å²) in [6, 6.07) is 10.4. The Labute approximate surface area is 190 Å². The molecule has 160 valence electrons. The summed E-state index contributed by atoms with van der Waals surface area (Å²) in [5.41, 5.74) is 4.39. The third-order valence-electron chi connectivity index (χ3n) is 4.81. The Morgan fingerprint density at radius 1 is 1.17 bits per heavy atom. The lowest BCUT2D eigenvalue weighted by molar-refractivity contribution is 0.0389. The van der Waals surface area contributed by atoms with Crippen LogP contribution in [0.5, 0.6) is 0 Å². The monoisotopic (exact) mass is 512 g/mol. The van der Waals surface area contributed by atoms with Crippen LogP contribution >= 0.6 is 24.0 Å². The number of rotatable bonds is 7. The van der Waals surface area contributed by atoms with Gasteiger partial charge < -0.3 is 15.4 Å². The summed E-state index contributed by atoms with van der Waals surface area (Å²) in [5.74, 6) is 0.846. The van der Waals surface area contributed by atoms with Crippen molar-refractivity contribution in [1.29, 1.82) is 0 Å². The Kier molecular flexibility index (Phi) is 9.89. The lowest BCUT2D eigenvalue weighted by atomic mass is 10.2. The van der Waals surface area contributed by atoms with E-state index >= 15 is 0 Å². The van der Waals surface area contributed by atoms with Crippen LogP contribution < -0.4 is 10.6 Å². The summed E-state index contributed by atoms with van der Waals surface area (Å²) in [6.07, 6.45) is 0. The van der Waals surface area contributed by atoms with E-state index in [0.29, 0.717) is 6.54 Å². The fraction of sp³-hybridized carbons (Fsp3) is 0.524. The van der Waals surface area contributed by atoms with E-state index in [1.54, 1.807) is 0 Å². The summed E-state index contributed by atoms with van der Waals surface area (Å²) in [5, 5.41) is 11.4. The minimum atomic E-state index is 0. The van der Waals surface area contributed by atoms with Crippen LogP contribution in [0.25, 0.3) is 5.69 Å². The molecule has 0 radical (unpaired) electrons. The molecule has 0 amide bonds. The van der Waals surface area contributed by atoms with Crippen molar-refractivity contribution in [2.75, 3.05) is 45.9 Å². The molecule has 7 nitrogen and oxygen atoms in total. The van der Waals surface area contributed by atoms with E-state index in [0.717, 1.165) is 74.5 Å². The molecule has 8 heteroatoms. The summed E-state index contributed by atoms with van der Waals surface area (Å²) in [7, 11) is 0. The van der Waals surface area contributed by atoms with Crippen molar-refractivity contribution in [3.63, 3.8) is 0 Å². The average molecular weight is 512 g/mol. The first-order chi connectivity index (χ1) is 13.7. The van der Waals surface area contributed by atoms with Crippen molar-refractivity contribution in [3.05, 3.63) is 47.3 Å². The van der Waals surface area contributed by atoms with E-state index in [1.807, 2.05) is 17.7 Å². The van der Waals surface area contributed by atoms with Gasteiger partial charge in [0.2, 0.25) is 0 Å². The molecular formula is C21H33IN6O. The van der Waals surface area contributed by atoms with Crippen molar-refractivity contribution in [3.8, 4) is 5.69 Å². The number of nitrogens with one attached hydrogen (secondary N) is 2. The highest BCUT2D eigenvalue weighted by Gasteiger charge is 2.11. The number of benzene rings is 1. The Morgan fingerprint density at radius 3 is 2.62 bits per heavy atom. The molecule has 2 N–H and O–H groups in total. The number of aromatic nitrogens is 2. The van der Waals surface area contributed by atoms with Gasteiger partial charge in [0.1, 0.15) is 0 Å². The molecule has 1 fully saturated rings. The number of halogens is 1. The molecule has 29 heavy (non-hydrogen) atoms. The van der Waals surface area contributed by atoms with E-state index < -0.39 is 0 Å². The molecule has 1 aliphatic rings. The van der Waals surface area contributed by atoms with Crippen molar-refractivity contribution < 1.29 is 4.74 Å². The van der Waals surface area contributed by atoms with Crippen LogP contribution in [0, 0.1) is 13.8 Å². The van der Waals surface area contributed by atoms with E-state index in [-0.39, 0.29) is 24.0 Å². The molecule has 1 aromatic heterocycles. The second kappa shape index (κ2) is 12.1. The molecule has 1 aliphatic heterocycles. The van der Waals surface area contributed by atoms with Gasteiger partial charge in [0.15, 0.2) is 5.96 Å². The van der Waals surface area contributed by atoms with Gasteiger partial charge in [-0.25, -0.2) is 9.67 Å². The number of guanidine groups is 1. The van der Waals surface area contributed by atoms with E-state index in [1.165, 1.54) is 0 Å². The van der Waals surface area contributed by atoms with E-state index in [4.69, 9.17) is 9.73 Å². The quantitative estimate of drug-likeness (QED) is 0.339. The number of aryl methyl sites for hydroxylation is 2. The predicted molar refractivity (Wildman–Crippen MR) is 129 cm³/mol. The van der Waals surface area contributed by atoms with Crippen LogP contribution in [0.2, 0.25) is 0 Å². The van der Waals surface area contributed by atoms with Crippen LogP contribution in [0.15, 0.2) is 35.3 Å². The minimum Gasteiger partial charge on any atom is -0.379 e. The Bertz CT molecular complexity index is 785. The minimum absolute atomic E-state index is 0. The number of hydrogen-bond acceptors (Lipinski definition) is 4. The zero-order chi connectivity index (χ0) is 19.8. The highest BCUT2D eigenvalue weighted by molar-refractivity contribution is 14.0. The van der Waals surface area contributed by atoms with Crippen molar-refractivity contribution in [2.45, 2.75) is 27.3 Å². The molecule has 3 rings (SSSR count). The van der Waals surface area contributed by atoms with Gasteiger partial charge >= 0.3 is 0 Å². The lowest BCUT2D eigenvalue weighted by Crippen LogP contribution is -2.44. The topological polar surface area (TPSA) is 66.7 Å². The van der Waals surface area contributed by atoms with Crippen LogP contribution in [0.4, 0.5) is 0 Å². The van der Waals surface area contributed by atoms with Crippen LogP contribution in [0.3, 0.4) is 0 Å². The number of aliphatic imine (C=N–C) groups is 1. The summed E-state index contributed by atoms with van der Waals surface area (Å²) in [4.78, 5) is 7.21. The first-order valence-electron chi connectivity index (χ1n) is 10.1. The zero-order valence-corrected chi connectivity index (χ0v) is 20.0. The number of hydrogen-bond donors (Lipinski definition) is 2. The second-order valence-electron chi connectivity index (χ2n) is 7.04. The van der Waals surface area contributed by atoms with E-state index in [2.05, 4.69) is 58.7 Å². The second-order valence-corrected chi connectivity index (χ2v) is 7.04. The molecule has 0 aliphatic carbocycles. The van der Waals surface area contributed by atoms with Gasteiger partial charge in [-0.1, -0.05) is 18.2 Å². The van der Waals surface area contributed by atoms with Gasteiger partial charge in [0.25, 0.3) is 0 Å². The van der Waals surface area contributed by atoms with E-state index in [9.17, 15) is 0 Å². The maximum atomic E-state index is 5.41. The molecule has 2 heterocycles. The molecular weight excluding hydrogens is 479 g/mol. The number of morpholine rings is 1. The first kappa shape index (κ1) is 23.6. The highest BCUT2D eigenvalue weighted by atomic mass is 127. The predicted octanol–water partition coefficient (Wildman–Crippen LogP) is 2.49. The van der Waals surface area contributed by atoms with Crippen molar-refractivity contribution in [2.24, 2.45) is 4.99 Å². The summed E-state index contributed by atoms with van der Waals surface area (Å²) in [6.45, 7) is 13.2. The Hall–Kier alpha value is -1.65. The first-order valence-corrected chi connectivity index (χ1v) is 10.1. The normalized spacial score (nSPS) is 15.1. The molecule has 0 bridgehead atoms. The van der Waals surface area contributed by atoms with Crippen molar-refractivity contribution >= 4 is 29.9 Å². The molecule has 2 aromatic rings. The Morgan fingerprint density at radius 2 is 1.93 bits per heavy atom. The number of ether oxygens (including phenoxy) is 1. The van der Waals surface area contributed by atoms with Gasteiger partial charge in [-0.2, -0.15) is 5.10 Å². The third kappa shape index (κ3) is 6.97. The van der Waals surface area contributed by atoms with Crippen LogP contribution in [-0.2, 0) is 11.3 Å². The highest BCUT2D eigenvalue weighted by Crippen LogP contribution is 2.17. The summed E-state index contributed by atoms with van der Waals surface area (Å²) >= 11 is 0. The fourth-order valence-electron chi connectivity index (χ4n) is 3.39.